The highest BCUT2D eigenvalue weighted by molar-refractivity contribution is 9.10. The van der Waals surface area contributed by atoms with Gasteiger partial charge in [0.15, 0.2) is 5.82 Å². The van der Waals surface area contributed by atoms with E-state index >= 15 is 0 Å². The van der Waals surface area contributed by atoms with Crippen LogP contribution in [0.2, 0.25) is 0 Å². The molecule has 0 N–H and O–H groups in total. The van der Waals surface area contributed by atoms with Crippen LogP contribution in [0.3, 0.4) is 0 Å². The predicted molar refractivity (Wildman–Crippen MR) is 47.7 cm³/mol. The SMILES string of the molecule is CC(C)Oc1ncc(Br)cc1F. The molecule has 1 heterocycles. The number of halogens is 2. The molecule has 0 atom stereocenters. The molecule has 0 aliphatic heterocycles. The molecule has 0 aliphatic rings. The molecular weight excluding hydrogens is 225 g/mol. The highest BCUT2D eigenvalue weighted by Crippen LogP contribution is 2.18. The third kappa shape index (κ3) is 2.44. The first-order chi connectivity index (χ1) is 5.59. The van der Waals surface area contributed by atoms with E-state index in [2.05, 4.69) is 20.9 Å². The van der Waals surface area contributed by atoms with Crippen molar-refractivity contribution in [1.82, 2.24) is 4.98 Å². The van der Waals surface area contributed by atoms with Gasteiger partial charge in [-0.2, -0.15) is 0 Å². The van der Waals surface area contributed by atoms with Gasteiger partial charge < -0.3 is 4.74 Å². The Morgan fingerprint density at radius 3 is 2.75 bits per heavy atom. The second-order valence-electron chi connectivity index (χ2n) is 2.61. The van der Waals surface area contributed by atoms with E-state index in [1.165, 1.54) is 12.3 Å². The molecule has 0 saturated carbocycles. The zero-order valence-electron chi connectivity index (χ0n) is 6.84. The van der Waals surface area contributed by atoms with Crippen LogP contribution >= 0.6 is 15.9 Å². The van der Waals surface area contributed by atoms with Crippen LogP contribution in [-0.4, -0.2) is 11.1 Å². The topological polar surface area (TPSA) is 22.1 Å². The molecule has 0 bridgehead atoms. The summed E-state index contributed by atoms with van der Waals surface area (Å²) < 4.78 is 18.7. The smallest absolute Gasteiger partial charge is 0.250 e. The minimum Gasteiger partial charge on any atom is -0.473 e. The van der Waals surface area contributed by atoms with E-state index in [0.717, 1.165) is 0 Å². The van der Waals surface area contributed by atoms with E-state index in [-0.39, 0.29) is 12.0 Å². The van der Waals surface area contributed by atoms with E-state index in [0.29, 0.717) is 4.47 Å². The van der Waals surface area contributed by atoms with Gasteiger partial charge in [-0.25, -0.2) is 9.37 Å². The summed E-state index contributed by atoms with van der Waals surface area (Å²) in [4.78, 5) is 3.77. The summed E-state index contributed by atoms with van der Waals surface area (Å²) in [5.74, 6) is -0.397. The molecule has 12 heavy (non-hydrogen) atoms. The van der Waals surface area contributed by atoms with Gasteiger partial charge in [0, 0.05) is 10.7 Å². The number of hydrogen-bond donors (Lipinski definition) is 0. The van der Waals surface area contributed by atoms with Crippen LogP contribution in [0.5, 0.6) is 5.88 Å². The van der Waals surface area contributed by atoms with E-state index in [1.807, 2.05) is 13.8 Å². The van der Waals surface area contributed by atoms with Crippen LogP contribution < -0.4 is 4.74 Å². The van der Waals surface area contributed by atoms with Crippen molar-refractivity contribution < 1.29 is 9.13 Å². The van der Waals surface area contributed by atoms with Gasteiger partial charge in [0.1, 0.15) is 0 Å². The quantitative estimate of drug-likeness (QED) is 0.784. The van der Waals surface area contributed by atoms with Gasteiger partial charge in [0.2, 0.25) is 0 Å². The van der Waals surface area contributed by atoms with E-state index < -0.39 is 5.82 Å². The summed E-state index contributed by atoms with van der Waals surface area (Å²) >= 11 is 3.10. The molecule has 0 amide bonds. The summed E-state index contributed by atoms with van der Waals surface area (Å²) in [5.41, 5.74) is 0. The van der Waals surface area contributed by atoms with Gasteiger partial charge in [-0.05, 0) is 35.8 Å². The first kappa shape index (κ1) is 9.45. The van der Waals surface area contributed by atoms with Crippen LogP contribution in [0.15, 0.2) is 16.7 Å². The largest absolute Gasteiger partial charge is 0.473 e. The lowest BCUT2D eigenvalue weighted by atomic mass is 10.4. The molecule has 0 fully saturated rings. The molecule has 4 heteroatoms. The van der Waals surface area contributed by atoms with Crippen LogP contribution in [0, 0.1) is 5.82 Å². The molecule has 0 spiro atoms. The molecule has 1 aromatic rings. The summed E-state index contributed by atoms with van der Waals surface area (Å²) in [6.07, 6.45) is 1.44. The van der Waals surface area contributed by atoms with Gasteiger partial charge in [-0.1, -0.05) is 0 Å². The lowest BCUT2D eigenvalue weighted by molar-refractivity contribution is 0.220. The minimum atomic E-state index is -0.446. The van der Waals surface area contributed by atoms with Gasteiger partial charge in [-0.3, -0.25) is 0 Å². The van der Waals surface area contributed by atoms with Crippen molar-refractivity contribution in [3.05, 3.63) is 22.6 Å². The molecule has 0 aromatic carbocycles. The molecule has 0 saturated heterocycles. The first-order valence-corrected chi connectivity index (χ1v) is 4.36. The lowest BCUT2D eigenvalue weighted by Crippen LogP contribution is -2.08. The number of aromatic nitrogens is 1. The summed E-state index contributed by atoms with van der Waals surface area (Å²) in [7, 11) is 0. The summed E-state index contributed by atoms with van der Waals surface area (Å²) in [5, 5.41) is 0. The highest BCUT2D eigenvalue weighted by atomic mass is 79.9. The fraction of sp³-hybridized carbons (Fsp3) is 0.375. The predicted octanol–water partition coefficient (Wildman–Crippen LogP) is 2.77. The number of hydrogen-bond acceptors (Lipinski definition) is 2. The Hall–Kier alpha value is -0.640. The number of pyridine rings is 1. The average molecular weight is 234 g/mol. The monoisotopic (exact) mass is 233 g/mol. The van der Waals surface area contributed by atoms with Gasteiger partial charge in [0.25, 0.3) is 5.88 Å². The maximum absolute atomic E-state index is 13.0. The van der Waals surface area contributed by atoms with Crippen LogP contribution in [-0.2, 0) is 0 Å². The number of nitrogens with zero attached hydrogens (tertiary/aromatic N) is 1. The third-order valence-electron chi connectivity index (χ3n) is 1.12. The lowest BCUT2D eigenvalue weighted by Gasteiger charge is -2.08. The normalized spacial score (nSPS) is 10.4. The molecular formula is C8H9BrFNO. The Morgan fingerprint density at radius 1 is 1.58 bits per heavy atom. The molecule has 0 radical (unpaired) electrons. The maximum Gasteiger partial charge on any atom is 0.250 e. The van der Waals surface area contributed by atoms with Crippen molar-refractivity contribution in [2.45, 2.75) is 20.0 Å². The Kier molecular flexibility index (Phi) is 3.03. The Balaban J connectivity index is 2.86. The van der Waals surface area contributed by atoms with Crippen molar-refractivity contribution in [2.75, 3.05) is 0 Å². The molecule has 2 nitrogen and oxygen atoms in total. The third-order valence-corrected chi connectivity index (χ3v) is 1.56. The van der Waals surface area contributed by atoms with Crippen molar-refractivity contribution in [3.63, 3.8) is 0 Å². The average Bonchev–Trinajstić information content (AvgIpc) is 1.94. The van der Waals surface area contributed by atoms with Crippen molar-refractivity contribution >= 4 is 15.9 Å². The van der Waals surface area contributed by atoms with Crippen LogP contribution in [0.25, 0.3) is 0 Å². The van der Waals surface area contributed by atoms with Gasteiger partial charge in [0.05, 0.1) is 6.10 Å². The zero-order chi connectivity index (χ0) is 9.14. The highest BCUT2D eigenvalue weighted by Gasteiger charge is 2.06. The molecule has 1 aromatic heterocycles. The molecule has 66 valence electrons. The Morgan fingerprint density at radius 2 is 2.25 bits per heavy atom. The van der Waals surface area contributed by atoms with Crippen molar-refractivity contribution in [1.29, 1.82) is 0 Å². The molecule has 0 aliphatic carbocycles. The second-order valence-corrected chi connectivity index (χ2v) is 3.52. The van der Waals surface area contributed by atoms with E-state index in [9.17, 15) is 4.39 Å². The van der Waals surface area contributed by atoms with E-state index in [4.69, 9.17) is 4.74 Å². The summed E-state index contributed by atoms with van der Waals surface area (Å²) in [6, 6.07) is 1.32. The summed E-state index contributed by atoms with van der Waals surface area (Å²) in [6.45, 7) is 3.65. The standard InChI is InChI=1S/C8H9BrFNO/c1-5(2)12-8-7(10)3-6(9)4-11-8/h3-5H,1-2H3. The zero-order valence-corrected chi connectivity index (χ0v) is 8.43. The Bertz CT molecular complexity index is 278. The van der Waals surface area contributed by atoms with Gasteiger partial charge >= 0.3 is 0 Å². The number of ether oxygens (including phenoxy) is 1. The number of rotatable bonds is 2. The van der Waals surface area contributed by atoms with Gasteiger partial charge in [-0.15, -0.1) is 0 Å². The van der Waals surface area contributed by atoms with Crippen LogP contribution in [0.4, 0.5) is 4.39 Å². The van der Waals surface area contributed by atoms with Crippen molar-refractivity contribution in [3.8, 4) is 5.88 Å². The fourth-order valence-electron chi connectivity index (χ4n) is 0.712. The van der Waals surface area contributed by atoms with Crippen LogP contribution in [0.1, 0.15) is 13.8 Å². The molecule has 0 unspecified atom stereocenters. The van der Waals surface area contributed by atoms with Crippen molar-refractivity contribution in [2.24, 2.45) is 0 Å². The second kappa shape index (κ2) is 3.85. The first-order valence-electron chi connectivity index (χ1n) is 3.57. The maximum atomic E-state index is 13.0. The minimum absolute atomic E-state index is 0.0493. The fourth-order valence-corrected chi connectivity index (χ4v) is 1.02. The molecule has 1 rings (SSSR count). The Labute approximate surface area is 78.9 Å². The van der Waals surface area contributed by atoms with E-state index in [1.54, 1.807) is 0 Å².